The minimum absolute atomic E-state index is 0.808. The molecular weight excluding hydrogens is 368 g/mol. The van der Waals surface area contributed by atoms with E-state index in [4.69, 9.17) is 11.5 Å². The molecule has 2 rings (SSSR count). The molecule has 0 aromatic heterocycles. The van der Waals surface area contributed by atoms with Gasteiger partial charge >= 0.3 is 0 Å². The van der Waals surface area contributed by atoms with Crippen molar-refractivity contribution in [3.63, 3.8) is 0 Å². The molecule has 19 heavy (non-hydrogen) atoms. The van der Waals surface area contributed by atoms with Gasteiger partial charge in [0.1, 0.15) is 0 Å². The molecule has 0 aliphatic carbocycles. The van der Waals surface area contributed by atoms with Crippen LogP contribution >= 0.6 is 31.9 Å². The zero-order valence-electron chi connectivity index (χ0n) is 10.9. The second-order valence-electron chi connectivity index (χ2n) is 4.73. The van der Waals surface area contributed by atoms with Crippen molar-refractivity contribution < 1.29 is 0 Å². The van der Waals surface area contributed by atoms with Gasteiger partial charge in [0.15, 0.2) is 0 Å². The molecule has 4 N–H and O–H groups in total. The second kappa shape index (κ2) is 5.55. The van der Waals surface area contributed by atoms with Gasteiger partial charge in [0.2, 0.25) is 0 Å². The zero-order valence-corrected chi connectivity index (χ0v) is 14.1. The van der Waals surface area contributed by atoms with E-state index < -0.39 is 0 Å². The Morgan fingerprint density at radius 3 is 2.32 bits per heavy atom. The molecule has 0 saturated carbocycles. The minimum atomic E-state index is 0.808. The second-order valence-corrected chi connectivity index (χ2v) is 6.38. The number of hydrogen-bond acceptors (Lipinski definition) is 2. The highest BCUT2D eigenvalue weighted by Gasteiger charge is 2.10. The largest absolute Gasteiger partial charge is 0.398 e. The molecule has 0 aliphatic rings. The minimum Gasteiger partial charge on any atom is -0.398 e. The maximum absolute atomic E-state index is 5.90. The number of rotatable bonds is 2. The summed E-state index contributed by atoms with van der Waals surface area (Å²) in [7, 11) is 0. The summed E-state index contributed by atoms with van der Waals surface area (Å²) >= 11 is 7.20. The lowest BCUT2D eigenvalue weighted by Gasteiger charge is -2.12. The van der Waals surface area contributed by atoms with E-state index in [0.29, 0.717) is 0 Å². The standard InChI is InChI=1S/C15H16Br2N2/c1-8-5-11(12(16)7-14(8)19)6-10-3-4-13(18)9(2)15(10)17/h3-5,7H,6,18-19H2,1-2H3. The summed E-state index contributed by atoms with van der Waals surface area (Å²) < 4.78 is 2.12. The number of hydrogen-bond donors (Lipinski definition) is 2. The molecule has 0 atom stereocenters. The maximum atomic E-state index is 5.90. The molecule has 0 bridgehead atoms. The van der Waals surface area contributed by atoms with Crippen molar-refractivity contribution in [2.45, 2.75) is 20.3 Å². The summed E-state index contributed by atoms with van der Waals surface area (Å²) in [4.78, 5) is 0. The third kappa shape index (κ3) is 2.95. The molecule has 0 spiro atoms. The number of benzene rings is 2. The van der Waals surface area contributed by atoms with Gasteiger partial charge in [-0.25, -0.2) is 0 Å². The van der Waals surface area contributed by atoms with E-state index in [0.717, 1.165) is 37.9 Å². The van der Waals surface area contributed by atoms with Gasteiger partial charge in [-0.05, 0) is 54.7 Å². The first-order valence-corrected chi connectivity index (χ1v) is 7.56. The van der Waals surface area contributed by atoms with Gasteiger partial charge < -0.3 is 11.5 Å². The van der Waals surface area contributed by atoms with Crippen LogP contribution in [0.15, 0.2) is 33.2 Å². The molecule has 0 amide bonds. The number of halogens is 2. The molecule has 0 aliphatic heterocycles. The molecule has 0 unspecified atom stereocenters. The molecule has 4 heteroatoms. The van der Waals surface area contributed by atoms with Crippen molar-refractivity contribution in [3.8, 4) is 0 Å². The third-order valence-electron chi connectivity index (χ3n) is 3.32. The van der Waals surface area contributed by atoms with Crippen molar-refractivity contribution in [1.82, 2.24) is 0 Å². The Morgan fingerprint density at radius 2 is 1.63 bits per heavy atom. The van der Waals surface area contributed by atoms with E-state index in [9.17, 15) is 0 Å². The van der Waals surface area contributed by atoms with Crippen molar-refractivity contribution in [1.29, 1.82) is 0 Å². The van der Waals surface area contributed by atoms with Crippen LogP contribution < -0.4 is 11.5 Å². The topological polar surface area (TPSA) is 52.0 Å². The van der Waals surface area contributed by atoms with E-state index in [2.05, 4.69) is 44.0 Å². The van der Waals surface area contributed by atoms with Crippen LogP contribution in [0.2, 0.25) is 0 Å². The lowest BCUT2D eigenvalue weighted by Crippen LogP contribution is -1.98. The molecule has 0 fully saturated rings. The first-order chi connectivity index (χ1) is 8.90. The SMILES string of the molecule is Cc1cc(Cc2ccc(N)c(C)c2Br)c(Br)cc1N. The molecule has 0 saturated heterocycles. The Bertz CT molecular complexity index is 637. The van der Waals surface area contributed by atoms with Gasteiger partial charge in [0.05, 0.1) is 0 Å². The average Bonchev–Trinajstić information content (AvgIpc) is 2.36. The van der Waals surface area contributed by atoms with E-state index >= 15 is 0 Å². The van der Waals surface area contributed by atoms with Crippen molar-refractivity contribution >= 4 is 43.2 Å². The van der Waals surface area contributed by atoms with Crippen molar-refractivity contribution in [3.05, 3.63) is 55.5 Å². The summed E-state index contributed by atoms with van der Waals surface area (Å²) in [5.41, 5.74) is 18.0. The zero-order chi connectivity index (χ0) is 14.2. The van der Waals surface area contributed by atoms with Crippen LogP contribution in [0.4, 0.5) is 11.4 Å². The Kier molecular flexibility index (Phi) is 4.21. The summed E-state index contributed by atoms with van der Waals surface area (Å²) in [6.07, 6.45) is 0.837. The van der Waals surface area contributed by atoms with Gasteiger partial charge in [0.25, 0.3) is 0 Å². The number of nitrogen functional groups attached to an aromatic ring is 2. The predicted octanol–water partition coefficient (Wildman–Crippen LogP) is 4.58. The van der Waals surface area contributed by atoms with E-state index in [1.54, 1.807) is 0 Å². The molecule has 2 aromatic rings. The van der Waals surface area contributed by atoms with E-state index in [1.807, 2.05) is 26.0 Å². The van der Waals surface area contributed by atoms with Crippen molar-refractivity contribution in [2.75, 3.05) is 11.5 Å². The van der Waals surface area contributed by atoms with E-state index in [-0.39, 0.29) is 0 Å². The normalized spacial score (nSPS) is 10.7. The van der Waals surface area contributed by atoms with Crippen LogP contribution in [0.5, 0.6) is 0 Å². The summed E-state index contributed by atoms with van der Waals surface area (Å²) in [6, 6.07) is 8.10. The number of anilines is 2. The van der Waals surface area contributed by atoms with Crippen LogP contribution in [-0.4, -0.2) is 0 Å². The fourth-order valence-corrected chi connectivity index (χ4v) is 2.99. The van der Waals surface area contributed by atoms with Gasteiger partial charge in [0, 0.05) is 20.3 Å². The lowest BCUT2D eigenvalue weighted by molar-refractivity contribution is 1.15. The number of aryl methyl sites for hydroxylation is 1. The predicted molar refractivity (Wildman–Crippen MR) is 89.4 cm³/mol. The van der Waals surface area contributed by atoms with Crippen LogP contribution in [0.25, 0.3) is 0 Å². The summed E-state index contributed by atoms with van der Waals surface area (Å²) in [6.45, 7) is 4.04. The quantitative estimate of drug-likeness (QED) is 0.745. The lowest BCUT2D eigenvalue weighted by atomic mass is 10.0. The van der Waals surface area contributed by atoms with Crippen molar-refractivity contribution in [2.24, 2.45) is 0 Å². The van der Waals surface area contributed by atoms with Crippen LogP contribution in [0.1, 0.15) is 22.3 Å². The number of nitrogens with two attached hydrogens (primary N) is 2. The van der Waals surface area contributed by atoms with Crippen LogP contribution in [0, 0.1) is 13.8 Å². The van der Waals surface area contributed by atoms with Gasteiger partial charge in [-0.3, -0.25) is 0 Å². The fraction of sp³-hybridized carbons (Fsp3) is 0.200. The molecular formula is C15H16Br2N2. The summed E-state index contributed by atoms with van der Waals surface area (Å²) in [5.74, 6) is 0. The monoisotopic (exact) mass is 382 g/mol. The average molecular weight is 384 g/mol. The Labute approximate surface area is 130 Å². The van der Waals surface area contributed by atoms with Gasteiger partial charge in [-0.1, -0.05) is 44.0 Å². The van der Waals surface area contributed by atoms with Crippen LogP contribution in [0.3, 0.4) is 0 Å². The fourth-order valence-electron chi connectivity index (χ4n) is 1.99. The molecule has 0 heterocycles. The Hall–Kier alpha value is -1.00. The third-order valence-corrected chi connectivity index (χ3v) is 5.17. The first-order valence-electron chi connectivity index (χ1n) is 5.98. The Balaban J connectivity index is 2.42. The highest BCUT2D eigenvalue weighted by molar-refractivity contribution is 9.10. The van der Waals surface area contributed by atoms with Gasteiger partial charge in [-0.15, -0.1) is 0 Å². The molecule has 2 nitrogen and oxygen atoms in total. The van der Waals surface area contributed by atoms with Gasteiger partial charge in [-0.2, -0.15) is 0 Å². The molecule has 0 radical (unpaired) electrons. The molecule has 2 aromatic carbocycles. The summed E-state index contributed by atoms with van der Waals surface area (Å²) in [5, 5.41) is 0. The highest BCUT2D eigenvalue weighted by atomic mass is 79.9. The Morgan fingerprint density at radius 1 is 0.947 bits per heavy atom. The maximum Gasteiger partial charge on any atom is 0.0355 e. The first kappa shape index (κ1) is 14.4. The van der Waals surface area contributed by atoms with E-state index in [1.165, 1.54) is 11.1 Å². The smallest absolute Gasteiger partial charge is 0.0355 e. The molecule has 100 valence electrons. The highest BCUT2D eigenvalue weighted by Crippen LogP contribution is 2.31. The van der Waals surface area contributed by atoms with Crippen LogP contribution in [-0.2, 0) is 6.42 Å².